The van der Waals surface area contributed by atoms with Crippen molar-refractivity contribution in [3.63, 3.8) is 0 Å². The maximum atomic E-state index is 11.2. The first-order chi connectivity index (χ1) is 12.8. The first-order valence-corrected chi connectivity index (χ1v) is 11.3. The predicted molar refractivity (Wildman–Crippen MR) is 112 cm³/mol. The van der Waals surface area contributed by atoms with Crippen molar-refractivity contribution in [1.82, 2.24) is 0 Å². The second-order valence-electron chi connectivity index (χ2n) is 7.24. The Morgan fingerprint density at radius 2 is 1.00 bits per heavy atom. The van der Waals surface area contributed by atoms with Crippen molar-refractivity contribution in [1.29, 1.82) is 0 Å². The molecular formula is C23H44O3. The topological polar surface area (TPSA) is 35.5 Å². The lowest BCUT2D eigenvalue weighted by atomic mass is 10.1. The standard InChI is InChI=1S/C23H44O3/c1-3-5-7-8-9-10-11-12-13-14-15-16-17-18-19-20-22-26-23(24)25-21-6-4-2/h12-13H,3-11,14-22H2,1-2H3/b13-12-. The van der Waals surface area contributed by atoms with E-state index in [1.54, 1.807) is 0 Å². The molecule has 0 aromatic heterocycles. The molecule has 0 aromatic rings. The Labute approximate surface area is 162 Å². The molecule has 0 radical (unpaired) electrons. The smallest absolute Gasteiger partial charge is 0.434 e. The minimum atomic E-state index is -0.508. The molecule has 0 aromatic carbocycles. The SMILES string of the molecule is CCCCCCCC/C=C\CCCCCCCCOC(=O)OCCCC. The van der Waals surface area contributed by atoms with E-state index in [4.69, 9.17) is 9.47 Å². The summed E-state index contributed by atoms with van der Waals surface area (Å²) in [5.74, 6) is 0. The van der Waals surface area contributed by atoms with Gasteiger partial charge < -0.3 is 9.47 Å². The molecule has 0 fully saturated rings. The molecule has 3 heteroatoms. The fourth-order valence-corrected chi connectivity index (χ4v) is 2.85. The van der Waals surface area contributed by atoms with Gasteiger partial charge in [-0.2, -0.15) is 0 Å². The van der Waals surface area contributed by atoms with Crippen LogP contribution in [0.1, 0.15) is 117 Å². The molecule has 0 unspecified atom stereocenters. The van der Waals surface area contributed by atoms with Crippen LogP contribution in [0.25, 0.3) is 0 Å². The number of hydrogen-bond donors (Lipinski definition) is 0. The van der Waals surface area contributed by atoms with Crippen LogP contribution >= 0.6 is 0 Å². The molecule has 0 aliphatic rings. The lowest BCUT2D eigenvalue weighted by Crippen LogP contribution is -2.09. The van der Waals surface area contributed by atoms with Crippen molar-refractivity contribution in [3.05, 3.63) is 12.2 Å². The summed E-state index contributed by atoms with van der Waals surface area (Å²) in [6, 6.07) is 0. The van der Waals surface area contributed by atoms with E-state index in [9.17, 15) is 4.79 Å². The van der Waals surface area contributed by atoms with Crippen LogP contribution < -0.4 is 0 Å². The van der Waals surface area contributed by atoms with Crippen LogP contribution in [0.15, 0.2) is 12.2 Å². The van der Waals surface area contributed by atoms with E-state index in [1.807, 2.05) is 0 Å². The Morgan fingerprint density at radius 1 is 0.577 bits per heavy atom. The van der Waals surface area contributed by atoms with Gasteiger partial charge in [0.2, 0.25) is 0 Å². The van der Waals surface area contributed by atoms with Crippen molar-refractivity contribution in [2.45, 2.75) is 117 Å². The summed E-state index contributed by atoms with van der Waals surface area (Å²) in [5, 5.41) is 0. The summed E-state index contributed by atoms with van der Waals surface area (Å²) in [5.41, 5.74) is 0. The highest BCUT2D eigenvalue weighted by molar-refractivity contribution is 5.59. The van der Waals surface area contributed by atoms with E-state index in [0.29, 0.717) is 13.2 Å². The number of ether oxygens (including phenoxy) is 2. The lowest BCUT2D eigenvalue weighted by Gasteiger charge is -2.05. The number of rotatable bonds is 19. The summed E-state index contributed by atoms with van der Waals surface area (Å²) in [7, 11) is 0. The van der Waals surface area contributed by atoms with Crippen molar-refractivity contribution in [2.75, 3.05) is 13.2 Å². The molecular weight excluding hydrogens is 324 g/mol. The van der Waals surface area contributed by atoms with Gasteiger partial charge in [-0.25, -0.2) is 4.79 Å². The predicted octanol–water partition coefficient (Wildman–Crippen LogP) is 7.98. The van der Waals surface area contributed by atoms with Gasteiger partial charge in [0.15, 0.2) is 0 Å². The monoisotopic (exact) mass is 368 g/mol. The number of allylic oxidation sites excluding steroid dienone is 2. The second-order valence-corrected chi connectivity index (χ2v) is 7.24. The third kappa shape index (κ3) is 21.1. The maximum absolute atomic E-state index is 11.2. The third-order valence-electron chi connectivity index (χ3n) is 4.59. The van der Waals surface area contributed by atoms with Crippen molar-refractivity contribution >= 4 is 6.16 Å². The normalized spacial score (nSPS) is 11.2. The molecule has 0 spiro atoms. The van der Waals surface area contributed by atoms with Crippen LogP contribution in [0.3, 0.4) is 0 Å². The maximum Gasteiger partial charge on any atom is 0.508 e. The third-order valence-corrected chi connectivity index (χ3v) is 4.59. The van der Waals surface area contributed by atoms with Gasteiger partial charge in [-0.1, -0.05) is 90.2 Å². The van der Waals surface area contributed by atoms with E-state index < -0.39 is 6.16 Å². The Hall–Kier alpha value is -0.990. The summed E-state index contributed by atoms with van der Waals surface area (Å²) in [6.07, 6.45) is 24.2. The first-order valence-electron chi connectivity index (χ1n) is 11.3. The summed E-state index contributed by atoms with van der Waals surface area (Å²) >= 11 is 0. The molecule has 0 heterocycles. The number of hydrogen-bond acceptors (Lipinski definition) is 3. The van der Waals surface area contributed by atoms with Crippen LogP contribution in [0, 0.1) is 0 Å². The van der Waals surface area contributed by atoms with Gasteiger partial charge in [0, 0.05) is 0 Å². The van der Waals surface area contributed by atoms with Crippen molar-refractivity contribution < 1.29 is 14.3 Å². The van der Waals surface area contributed by atoms with Crippen molar-refractivity contribution in [2.24, 2.45) is 0 Å². The van der Waals surface area contributed by atoms with Gasteiger partial charge in [-0.15, -0.1) is 0 Å². The molecule has 0 saturated carbocycles. The van der Waals surface area contributed by atoms with Crippen LogP contribution in [-0.2, 0) is 9.47 Å². The Kier molecular flexibility index (Phi) is 21.2. The zero-order chi connectivity index (χ0) is 19.1. The quantitative estimate of drug-likeness (QED) is 0.132. The summed E-state index contributed by atoms with van der Waals surface area (Å²) < 4.78 is 9.98. The zero-order valence-corrected chi connectivity index (χ0v) is 17.6. The number of carbonyl (C=O) groups is 1. The molecule has 0 aliphatic carbocycles. The number of carbonyl (C=O) groups excluding carboxylic acids is 1. The highest BCUT2D eigenvalue weighted by Gasteiger charge is 2.02. The van der Waals surface area contributed by atoms with Gasteiger partial charge in [0.25, 0.3) is 0 Å². The molecule has 0 rings (SSSR count). The van der Waals surface area contributed by atoms with Crippen LogP contribution in [0.5, 0.6) is 0 Å². The van der Waals surface area contributed by atoms with Crippen LogP contribution in [0.4, 0.5) is 4.79 Å². The van der Waals surface area contributed by atoms with Crippen LogP contribution in [0.2, 0.25) is 0 Å². The average Bonchev–Trinajstić information content (AvgIpc) is 2.64. The fourth-order valence-electron chi connectivity index (χ4n) is 2.85. The molecule has 0 aliphatic heterocycles. The molecule has 0 bridgehead atoms. The second kappa shape index (κ2) is 22.1. The van der Waals surface area contributed by atoms with Gasteiger partial charge >= 0.3 is 6.16 Å². The summed E-state index contributed by atoms with van der Waals surface area (Å²) in [6.45, 7) is 5.31. The highest BCUT2D eigenvalue weighted by Crippen LogP contribution is 2.10. The minimum absolute atomic E-state index is 0.475. The number of unbranched alkanes of at least 4 members (excludes halogenated alkanes) is 13. The summed E-state index contributed by atoms with van der Waals surface area (Å²) in [4.78, 5) is 11.2. The average molecular weight is 369 g/mol. The molecule has 154 valence electrons. The van der Waals surface area contributed by atoms with Gasteiger partial charge in [0.05, 0.1) is 13.2 Å². The fraction of sp³-hybridized carbons (Fsp3) is 0.870. The lowest BCUT2D eigenvalue weighted by molar-refractivity contribution is 0.0532. The van der Waals surface area contributed by atoms with E-state index >= 15 is 0 Å². The molecule has 0 N–H and O–H groups in total. The molecule has 0 amide bonds. The van der Waals surface area contributed by atoms with Gasteiger partial charge in [-0.3, -0.25) is 0 Å². The Morgan fingerprint density at radius 3 is 1.54 bits per heavy atom. The van der Waals surface area contributed by atoms with Gasteiger partial charge in [-0.05, 0) is 38.5 Å². The molecule has 26 heavy (non-hydrogen) atoms. The van der Waals surface area contributed by atoms with E-state index in [1.165, 1.54) is 77.0 Å². The van der Waals surface area contributed by atoms with E-state index in [0.717, 1.165) is 25.7 Å². The first kappa shape index (κ1) is 25.0. The highest BCUT2D eigenvalue weighted by atomic mass is 16.7. The Bertz CT molecular complexity index is 313. The zero-order valence-electron chi connectivity index (χ0n) is 17.6. The molecule has 0 saturated heterocycles. The van der Waals surface area contributed by atoms with E-state index in [-0.39, 0.29) is 0 Å². The largest absolute Gasteiger partial charge is 0.508 e. The van der Waals surface area contributed by atoms with Crippen molar-refractivity contribution in [3.8, 4) is 0 Å². The minimum Gasteiger partial charge on any atom is -0.434 e. The Balaban J connectivity index is 3.14. The van der Waals surface area contributed by atoms with Gasteiger partial charge in [0.1, 0.15) is 0 Å². The van der Waals surface area contributed by atoms with E-state index in [2.05, 4.69) is 26.0 Å². The molecule has 0 atom stereocenters. The van der Waals surface area contributed by atoms with Crippen LogP contribution in [-0.4, -0.2) is 19.4 Å². The molecule has 3 nitrogen and oxygen atoms in total.